The van der Waals surface area contributed by atoms with Crippen molar-refractivity contribution in [1.29, 1.82) is 0 Å². The summed E-state index contributed by atoms with van der Waals surface area (Å²) < 4.78 is 17.3. The van der Waals surface area contributed by atoms with Crippen LogP contribution in [0.15, 0.2) is 54.6 Å². The van der Waals surface area contributed by atoms with Gasteiger partial charge in [-0.1, -0.05) is 74.7 Å². The fraction of sp³-hybridized carbons (Fsp3) is 0.524. The van der Waals surface area contributed by atoms with Crippen LogP contribution in [0.3, 0.4) is 0 Å². The zero-order valence-electron chi connectivity index (χ0n) is 31.9. The van der Waals surface area contributed by atoms with Gasteiger partial charge in [-0.3, -0.25) is 19.3 Å². The standard InChI is InChI=1S/C42H54ClN3O7/c1-9-19-46(7)24-28-13-16-30(17-14-28)32-23-31(32)27(4)35-11-10-12-38(47)45-34(22-29-15-18-36(51-8)33(43)21-29)39(48)44-25-42(5,6)41(50)53-37(20-26(2)3)40(49)52-35/h1,10,12-18,21,26-27,31-32,34-35,37H,11,19-20,22-25H2,2-8H3,(H,44,48)(H,45,47)/b12-10+/t27-,31-,32-,34-,35+,37+/m1/s1. The van der Waals surface area contributed by atoms with Gasteiger partial charge in [-0.05, 0) is 92.3 Å². The Morgan fingerprint density at radius 1 is 1.06 bits per heavy atom. The van der Waals surface area contributed by atoms with Gasteiger partial charge < -0.3 is 24.8 Å². The molecule has 0 radical (unpaired) electrons. The molecule has 11 heteroatoms. The van der Waals surface area contributed by atoms with Gasteiger partial charge in [0.15, 0.2) is 6.10 Å². The second-order valence-corrected chi connectivity index (χ2v) is 15.9. The van der Waals surface area contributed by atoms with Crippen LogP contribution in [0, 0.1) is 35.5 Å². The largest absolute Gasteiger partial charge is 0.495 e. The normalized spacial score (nSPS) is 25.0. The van der Waals surface area contributed by atoms with E-state index in [1.54, 1.807) is 38.1 Å². The molecule has 0 saturated heterocycles. The van der Waals surface area contributed by atoms with E-state index in [9.17, 15) is 19.2 Å². The number of esters is 2. The number of ether oxygens (including phenoxy) is 3. The topological polar surface area (TPSA) is 123 Å². The number of rotatable bonds is 11. The Bertz CT molecular complexity index is 1680. The molecule has 1 heterocycles. The Balaban J connectivity index is 1.58. The minimum atomic E-state index is -1.19. The zero-order chi connectivity index (χ0) is 38.9. The smallest absolute Gasteiger partial charge is 0.347 e. The van der Waals surface area contributed by atoms with Crippen LogP contribution in [0.25, 0.3) is 0 Å². The molecule has 0 unspecified atom stereocenters. The van der Waals surface area contributed by atoms with E-state index in [4.69, 9.17) is 32.2 Å². The van der Waals surface area contributed by atoms with Gasteiger partial charge in [0.2, 0.25) is 11.8 Å². The summed E-state index contributed by atoms with van der Waals surface area (Å²) in [6.45, 7) is 10.5. The maximum atomic E-state index is 13.8. The molecule has 2 N–H and O–H groups in total. The van der Waals surface area contributed by atoms with E-state index in [2.05, 4.69) is 52.6 Å². The molecular weight excluding hydrogens is 694 g/mol. The van der Waals surface area contributed by atoms with Crippen LogP contribution in [0.1, 0.15) is 76.5 Å². The number of nitrogens with zero attached hydrogens (tertiary/aromatic N) is 1. The Hall–Kier alpha value is -4.33. The number of carbonyl (C=O) groups excluding carboxylic acids is 4. The van der Waals surface area contributed by atoms with Gasteiger partial charge in [0.1, 0.15) is 17.9 Å². The molecule has 0 spiro atoms. The van der Waals surface area contributed by atoms with Crippen molar-refractivity contribution in [2.75, 3.05) is 27.2 Å². The van der Waals surface area contributed by atoms with E-state index in [0.717, 1.165) is 13.0 Å². The van der Waals surface area contributed by atoms with Gasteiger partial charge in [0.05, 0.1) is 24.1 Å². The number of methoxy groups -OCH3 is 1. The number of terminal acetylenes is 1. The fourth-order valence-electron chi connectivity index (χ4n) is 6.67. The molecule has 0 aromatic heterocycles. The van der Waals surface area contributed by atoms with Crippen molar-refractivity contribution in [3.8, 4) is 18.1 Å². The first-order valence-electron chi connectivity index (χ1n) is 18.3. The summed E-state index contributed by atoms with van der Waals surface area (Å²) in [6.07, 6.45) is 8.37. The molecule has 286 valence electrons. The van der Waals surface area contributed by atoms with E-state index < -0.39 is 47.4 Å². The number of carbonyl (C=O) groups is 4. The first kappa shape index (κ1) is 41.4. The summed E-state index contributed by atoms with van der Waals surface area (Å²) in [5.74, 6) is 1.42. The van der Waals surface area contributed by atoms with Crippen molar-refractivity contribution in [2.24, 2.45) is 23.2 Å². The highest BCUT2D eigenvalue weighted by atomic mass is 35.5. The third-order valence-corrected chi connectivity index (χ3v) is 10.3. The molecule has 6 atom stereocenters. The Morgan fingerprint density at radius 3 is 2.40 bits per heavy atom. The van der Waals surface area contributed by atoms with Crippen molar-refractivity contribution in [3.05, 3.63) is 76.3 Å². The lowest BCUT2D eigenvalue weighted by Crippen LogP contribution is -2.51. The summed E-state index contributed by atoms with van der Waals surface area (Å²) in [7, 11) is 3.50. The van der Waals surface area contributed by atoms with Gasteiger partial charge in [-0.15, -0.1) is 6.42 Å². The third-order valence-electron chi connectivity index (χ3n) is 9.97. The van der Waals surface area contributed by atoms with E-state index in [1.165, 1.54) is 24.3 Å². The predicted octanol–water partition coefficient (Wildman–Crippen LogP) is 5.85. The first-order valence-corrected chi connectivity index (χ1v) is 18.7. The van der Waals surface area contributed by atoms with Crippen LogP contribution < -0.4 is 15.4 Å². The highest BCUT2D eigenvalue weighted by Gasteiger charge is 2.46. The summed E-state index contributed by atoms with van der Waals surface area (Å²) in [6, 6.07) is 12.7. The number of hydrogen-bond donors (Lipinski definition) is 2. The molecule has 1 fully saturated rings. The van der Waals surface area contributed by atoms with E-state index in [-0.39, 0.29) is 43.6 Å². The quantitative estimate of drug-likeness (QED) is 0.217. The number of hydrogen-bond acceptors (Lipinski definition) is 8. The van der Waals surface area contributed by atoms with Crippen molar-refractivity contribution in [3.63, 3.8) is 0 Å². The second kappa shape index (κ2) is 18.6. The van der Waals surface area contributed by atoms with Crippen LogP contribution in [0.5, 0.6) is 5.75 Å². The maximum Gasteiger partial charge on any atom is 0.347 e. The molecule has 2 aliphatic rings. The van der Waals surface area contributed by atoms with Crippen molar-refractivity contribution < 1.29 is 33.4 Å². The molecule has 10 nitrogen and oxygen atoms in total. The van der Waals surface area contributed by atoms with Crippen LogP contribution in [0.4, 0.5) is 0 Å². The molecule has 0 bridgehead atoms. The van der Waals surface area contributed by atoms with Crippen molar-refractivity contribution in [2.45, 2.75) is 91.0 Å². The second-order valence-electron chi connectivity index (χ2n) is 15.5. The summed E-state index contributed by atoms with van der Waals surface area (Å²) in [4.78, 5) is 56.2. The highest BCUT2D eigenvalue weighted by molar-refractivity contribution is 6.32. The van der Waals surface area contributed by atoms with Crippen molar-refractivity contribution in [1.82, 2.24) is 15.5 Å². The minimum Gasteiger partial charge on any atom is -0.495 e. The molecule has 1 saturated carbocycles. The highest BCUT2D eigenvalue weighted by Crippen LogP contribution is 2.53. The molecule has 2 aromatic rings. The Labute approximate surface area is 319 Å². The summed E-state index contributed by atoms with van der Waals surface area (Å²) >= 11 is 6.35. The van der Waals surface area contributed by atoms with Gasteiger partial charge in [0.25, 0.3) is 0 Å². The number of nitrogens with one attached hydrogen (secondary N) is 2. The molecule has 2 aromatic carbocycles. The van der Waals surface area contributed by atoms with Gasteiger partial charge in [0, 0.05) is 25.9 Å². The third kappa shape index (κ3) is 11.8. The number of amides is 2. The van der Waals surface area contributed by atoms with E-state index in [0.29, 0.717) is 28.8 Å². The average molecular weight is 748 g/mol. The summed E-state index contributed by atoms with van der Waals surface area (Å²) in [5.41, 5.74) is 1.90. The number of cyclic esters (lactones) is 2. The molecular formula is C42H54ClN3O7. The van der Waals surface area contributed by atoms with Crippen LogP contribution in [-0.4, -0.2) is 74.1 Å². The molecule has 1 aliphatic heterocycles. The lowest BCUT2D eigenvalue weighted by atomic mass is 9.92. The molecule has 53 heavy (non-hydrogen) atoms. The van der Waals surface area contributed by atoms with Gasteiger partial charge in [-0.2, -0.15) is 0 Å². The molecule has 1 aliphatic carbocycles. The van der Waals surface area contributed by atoms with Crippen LogP contribution in [-0.2, 0) is 41.6 Å². The predicted molar refractivity (Wildman–Crippen MR) is 205 cm³/mol. The lowest BCUT2D eigenvalue weighted by Gasteiger charge is -2.30. The van der Waals surface area contributed by atoms with Gasteiger partial charge in [-0.25, -0.2) is 4.79 Å². The SMILES string of the molecule is C#CCN(C)Cc1ccc([C@H]2C[C@@H]2[C@@H](C)[C@@H]2C/C=C/C(=O)N[C@H](Cc3ccc(OC)c(Cl)c3)C(=O)NCC(C)(C)C(=O)O[C@@H](CC(C)C)C(=O)O2)cc1. The van der Waals surface area contributed by atoms with Crippen LogP contribution >= 0.6 is 11.6 Å². The Morgan fingerprint density at radius 2 is 1.75 bits per heavy atom. The number of benzene rings is 2. The fourth-order valence-corrected chi connectivity index (χ4v) is 6.95. The van der Waals surface area contributed by atoms with E-state index in [1.807, 2.05) is 20.9 Å². The molecule has 2 amide bonds. The minimum absolute atomic E-state index is 0.0302. The lowest BCUT2D eigenvalue weighted by molar-refractivity contribution is -0.179. The monoisotopic (exact) mass is 747 g/mol. The van der Waals surface area contributed by atoms with Crippen molar-refractivity contribution >= 4 is 35.4 Å². The maximum absolute atomic E-state index is 13.8. The van der Waals surface area contributed by atoms with Gasteiger partial charge >= 0.3 is 11.9 Å². The zero-order valence-corrected chi connectivity index (χ0v) is 32.7. The summed E-state index contributed by atoms with van der Waals surface area (Å²) in [5, 5.41) is 5.97. The van der Waals surface area contributed by atoms with E-state index >= 15 is 0 Å². The average Bonchev–Trinajstić information content (AvgIpc) is 3.90. The number of halogens is 1. The first-order chi connectivity index (χ1) is 25.1. The molecule has 4 rings (SSSR count). The van der Waals surface area contributed by atoms with Crippen LogP contribution in [0.2, 0.25) is 5.02 Å². The Kier molecular flexibility index (Phi) is 14.6.